The summed E-state index contributed by atoms with van der Waals surface area (Å²) in [6.07, 6.45) is 4.34. The Morgan fingerprint density at radius 3 is 2.28 bits per heavy atom. The highest BCUT2D eigenvalue weighted by Crippen LogP contribution is 2.23. The van der Waals surface area contributed by atoms with Crippen LogP contribution in [0.15, 0.2) is 30.9 Å². The summed E-state index contributed by atoms with van der Waals surface area (Å²) in [4.78, 5) is 19.6. The standard InChI is InChI=1S/C13H14N4O/c1-8-3-11(14)4-9(2)12(8)17-13(18)10-5-15-7-16-6-10/h3-7H,14H2,1-2H3,(H,17,18). The van der Waals surface area contributed by atoms with E-state index in [0.29, 0.717) is 11.3 Å². The molecule has 0 saturated carbocycles. The van der Waals surface area contributed by atoms with Crippen molar-refractivity contribution in [1.29, 1.82) is 0 Å². The Labute approximate surface area is 105 Å². The van der Waals surface area contributed by atoms with Gasteiger partial charge in [-0.15, -0.1) is 0 Å². The second-order valence-electron chi connectivity index (χ2n) is 4.11. The number of aryl methyl sites for hydroxylation is 2. The molecule has 0 atom stereocenters. The van der Waals surface area contributed by atoms with Crippen molar-refractivity contribution in [3.05, 3.63) is 47.5 Å². The molecule has 5 nitrogen and oxygen atoms in total. The van der Waals surface area contributed by atoms with Gasteiger partial charge < -0.3 is 11.1 Å². The van der Waals surface area contributed by atoms with Gasteiger partial charge in [0.05, 0.1) is 5.56 Å². The molecule has 0 aliphatic rings. The minimum atomic E-state index is -0.230. The molecule has 0 aliphatic heterocycles. The van der Waals surface area contributed by atoms with Crippen molar-refractivity contribution in [3.8, 4) is 0 Å². The van der Waals surface area contributed by atoms with Crippen molar-refractivity contribution < 1.29 is 4.79 Å². The van der Waals surface area contributed by atoms with Crippen LogP contribution in [0.25, 0.3) is 0 Å². The van der Waals surface area contributed by atoms with E-state index in [1.165, 1.54) is 18.7 Å². The number of hydrogen-bond donors (Lipinski definition) is 2. The fourth-order valence-corrected chi connectivity index (χ4v) is 1.80. The van der Waals surface area contributed by atoms with Gasteiger partial charge in [-0.2, -0.15) is 0 Å². The molecule has 18 heavy (non-hydrogen) atoms. The van der Waals surface area contributed by atoms with Crippen LogP contribution in [0, 0.1) is 13.8 Å². The van der Waals surface area contributed by atoms with Crippen LogP contribution in [0.3, 0.4) is 0 Å². The van der Waals surface area contributed by atoms with Crippen molar-refractivity contribution >= 4 is 17.3 Å². The van der Waals surface area contributed by atoms with Gasteiger partial charge in [0.15, 0.2) is 0 Å². The number of anilines is 2. The van der Waals surface area contributed by atoms with Crippen LogP contribution in [0.1, 0.15) is 21.5 Å². The lowest BCUT2D eigenvalue weighted by atomic mass is 10.1. The fourth-order valence-electron chi connectivity index (χ4n) is 1.80. The number of aromatic nitrogens is 2. The normalized spacial score (nSPS) is 10.1. The summed E-state index contributed by atoms with van der Waals surface area (Å²) >= 11 is 0. The lowest BCUT2D eigenvalue weighted by molar-refractivity contribution is 0.102. The Morgan fingerprint density at radius 1 is 1.17 bits per heavy atom. The topological polar surface area (TPSA) is 80.9 Å². The summed E-state index contributed by atoms with van der Waals surface area (Å²) in [5.41, 5.74) is 9.48. The second kappa shape index (κ2) is 4.83. The van der Waals surface area contributed by atoms with E-state index in [2.05, 4.69) is 15.3 Å². The molecule has 0 fully saturated rings. The van der Waals surface area contributed by atoms with Crippen molar-refractivity contribution in [2.75, 3.05) is 11.1 Å². The second-order valence-corrected chi connectivity index (χ2v) is 4.11. The van der Waals surface area contributed by atoms with Gasteiger partial charge in [0.25, 0.3) is 5.91 Å². The van der Waals surface area contributed by atoms with Gasteiger partial charge in [-0.1, -0.05) is 0 Å². The number of rotatable bonds is 2. The fraction of sp³-hybridized carbons (Fsp3) is 0.154. The smallest absolute Gasteiger partial charge is 0.258 e. The van der Waals surface area contributed by atoms with Crippen LogP contribution < -0.4 is 11.1 Å². The molecule has 1 aromatic carbocycles. The van der Waals surface area contributed by atoms with E-state index in [-0.39, 0.29) is 5.91 Å². The number of benzene rings is 1. The summed E-state index contributed by atoms with van der Waals surface area (Å²) < 4.78 is 0. The number of carbonyl (C=O) groups is 1. The molecule has 0 radical (unpaired) electrons. The molecular weight excluding hydrogens is 228 g/mol. The SMILES string of the molecule is Cc1cc(N)cc(C)c1NC(=O)c1cncnc1. The maximum atomic E-state index is 12.0. The average Bonchev–Trinajstić information content (AvgIpc) is 2.34. The van der Waals surface area contributed by atoms with E-state index in [0.717, 1.165) is 16.8 Å². The Kier molecular flexibility index (Phi) is 3.23. The molecule has 2 aromatic rings. The molecule has 0 spiro atoms. The third-order valence-electron chi connectivity index (χ3n) is 2.62. The first-order valence-corrected chi connectivity index (χ1v) is 5.51. The quantitative estimate of drug-likeness (QED) is 0.788. The molecule has 2 rings (SSSR count). The molecular formula is C13H14N4O. The number of nitrogens with zero attached hydrogens (tertiary/aromatic N) is 2. The Hall–Kier alpha value is -2.43. The predicted molar refractivity (Wildman–Crippen MR) is 70.3 cm³/mol. The highest BCUT2D eigenvalue weighted by Gasteiger charge is 2.10. The molecule has 0 aliphatic carbocycles. The maximum absolute atomic E-state index is 12.0. The number of amides is 1. The van der Waals surface area contributed by atoms with E-state index < -0.39 is 0 Å². The Morgan fingerprint density at radius 2 is 1.72 bits per heavy atom. The number of nitrogen functional groups attached to an aromatic ring is 1. The highest BCUT2D eigenvalue weighted by molar-refractivity contribution is 6.04. The first-order valence-electron chi connectivity index (χ1n) is 5.51. The summed E-state index contributed by atoms with van der Waals surface area (Å²) in [5, 5.41) is 2.85. The van der Waals surface area contributed by atoms with E-state index >= 15 is 0 Å². The zero-order chi connectivity index (χ0) is 13.1. The average molecular weight is 242 g/mol. The molecule has 1 amide bonds. The van der Waals surface area contributed by atoms with Gasteiger partial charge in [-0.3, -0.25) is 4.79 Å². The summed E-state index contributed by atoms with van der Waals surface area (Å²) in [5.74, 6) is -0.230. The van der Waals surface area contributed by atoms with E-state index in [4.69, 9.17) is 5.73 Å². The van der Waals surface area contributed by atoms with Crippen molar-refractivity contribution in [1.82, 2.24) is 9.97 Å². The van der Waals surface area contributed by atoms with Crippen LogP contribution in [0.5, 0.6) is 0 Å². The van der Waals surface area contributed by atoms with Gasteiger partial charge in [0.1, 0.15) is 6.33 Å². The van der Waals surface area contributed by atoms with Crippen LogP contribution >= 0.6 is 0 Å². The van der Waals surface area contributed by atoms with E-state index in [9.17, 15) is 4.79 Å². The van der Waals surface area contributed by atoms with Gasteiger partial charge in [0, 0.05) is 23.8 Å². The number of hydrogen-bond acceptors (Lipinski definition) is 4. The van der Waals surface area contributed by atoms with Gasteiger partial charge in [-0.05, 0) is 37.1 Å². The Bertz CT molecular complexity index is 558. The minimum absolute atomic E-state index is 0.230. The summed E-state index contributed by atoms with van der Waals surface area (Å²) in [7, 11) is 0. The maximum Gasteiger partial charge on any atom is 0.258 e. The zero-order valence-electron chi connectivity index (χ0n) is 10.3. The molecule has 1 aromatic heterocycles. The monoisotopic (exact) mass is 242 g/mol. The van der Waals surface area contributed by atoms with Crippen molar-refractivity contribution in [3.63, 3.8) is 0 Å². The van der Waals surface area contributed by atoms with E-state index in [1.54, 1.807) is 0 Å². The Balaban J connectivity index is 2.28. The van der Waals surface area contributed by atoms with Crippen molar-refractivity contribution in [2.45, 2.75) is 13.8 Å². The lowest BCUT2D eigenvalue weighted by Crippen LogP contribution is -2.14. The molecule has 0 unspecified atom stereocenters. The zero-order valence-corrected chi connectivity index (χ0v) is 10.3. The van der Waals surface area contributed by atoms with Crippen LogP contribution in [0.4, 0.5) is 11.4 Å². The molecule has 92 valence electrons. The first kappa shape index (κ1) is 12.0. The largest absolute Gasteiger partial charge is 0.399 e. The van der Waals surface area contributed by atoms with E-state index in [1.807, 2.05) is 26.0 Å². The molecule has 3 N–H and O–H groups in total. The lowest BCUT2D eigenvalue weighted by Gasteiger charge is -2.12. The number of nitrogens with one attached hydrogen (secondary N) is 1. The predicted octanol–water partition coefficient (Wildman–Crippen LogP) is 1.93. The molecule has 0 bridgehead atoms. The van der Waals surface area contributed by atoms with Crippen LogP contribution in [-0.2, 0) is 0 Å². The molecule has 0 saturated heterocycles. The number of nitrogens with two attached hydrogens (primary N) is 1. The van der Waals surface area contributed by atoms with Gasteiger partial charge in [-0.25, -0.2) is 9.97 Å². The minimum Gasteiger partial charge on any atom is -0.399 e. The molecule has 5 heteroatoms. The first-order chi connectivity index (χ1) is 8.58. The highest BCUT2D eigenvalue weighted by atomic mass is 16.1. The van der Waals surface area contributed by atoms with Gasteiger partial charge >= 0.3 is 0 Å². The van der Waals surface area contributed by atoms with Crippen molar-refractivity contribution in [2.24, 2.45) is 0 Å². The third kappa shape index (κ3) is 2.45. The molecule has 1 heterocycles. The number of carbonyl (C=O) groups excluding carboxylic acids is 1. The third-order valence-corrected chi connectivity index (χ3v) is 2.62. The summed E-state index contributed by atoms with van der Waals surface area (Å²) in [6.45, 7) is 3.81. The van der Waals surface area contributed by atoms with Crippen LogP contribution in [-0.4, -0.2) is 15.9 Å². The summed E-state index contributed by atoms with van der Waals surface area (Å²) in [6, 6.07) is 3.65. The van der Waals surface area contributed by atoms with Gasteiger partial charge in [0.2, 0.25) is 0 Å². The van der Waals surface area contributed by atoms with Crippen LogP contribution in [0.2, 0.25) is 0 Å².